The van der Waals surface area contributed by atoms with E-state index in [9.17, 15) is 40.5 Å². The van der Waals surface area contributed by atoms with Gasteiger partial charge in [0.15, 0.2) is 0 Å². The van der Waals surface area contributed by atoms with Crippen LogP contribution in [-0.4, -0.2) is 81.1 Å². The van der Waals surface area contributed by atoms with Crippen LogP contribution >= 0.6 is 0 Å². The van der Waals surface area contributed by atoms with Gasteiger partial charge in [-0.25, -0.2) is 4.79 Å². The van der Waals surface area contributed by atoms with E-state index in [0.717, 1.165) is 56.2 Å². The van der Waals surface area contributed by atoms with Crippen LogP contribution < -0.4 is 4.74 Å². The van der Waals surface area contributed by atoms with E-state index in [1.165, 1.54) is 5.56 Å². The largest absolute Gasteiger partial charge is 0.453 e. The third kappa shape index (κ3) is 7.74. The Bertz CT molecular complexity index is 1510. The van der Waals surface area contributed by atoms with Gasteiger partial charge in [-0.05, 0) is 117 Å². The van der Waals surface area contributed by atoms with Crippen LogP contribution in [0.3, 0.4) is 0 Å². The molecule has 3 aliphatic carbocycles. The van der Waals surface area contributed by atoms with E-state index >= 15 is 0 Å². The summed E-state index contributed by atoms with van der Waals surface area (Å²) in [5.41, 5.74) is 2.94. The monoisotopic (exact) mass is 742 g/mol. The Labute approximate surface area is 299 Å². The predicted octanol–water partition coefficient (Wildman–Crippen LogP) is 7.99. The summed E-state index contributed by atoms with van der Waals surface area (Å²) < 4.78 is 83.1. The number of likely N-dealkylation sites (tertiary alicyclic amines) is 2. The van der Waals surface area contributed by atoms with Crippen molar-refractivity contribution in [3.8, 4) is 5.75 Å². The molecule has 6 atom stereocenters. The fraction of sp³-hybridized carbons (Fsp3) is 0.763. The molecular formula is C38H51F5N2O5S. The van der Waals surface area contributed by atoms with Gasteiger partial charge >= 0.3 is 18.2 Å². The van der Waals surface area contributed by atoms with Crippen LogP contribution in [0.15, 0.2) is 12.1 Å². The molecule has 7 nitrogen and oxygen atoms in total. The molecule has 51 heavy (non-hydrogen) atoms. The number of Topliss-reactive ketones (excluding diaryl/α,β-unsaturated/α-hetero) is 1. The molecule has 5 aliphatic rings. The third-order valence-electron chi connectivity index (χ3n) is 12.9. The van der Waals surface area contributed by atoms with Gasteiger partial charge in [0, 0.05) is 72.7 Å². The van der Waals surface area contributed by atoms with Crippen LogP contribution in [0.5, 0.6) is 5.75 Å². The summed E-state index contributed by atoms with van der Waals surface area (Å²) in [6.45, 7) is 5.98. The number of nitrogens with zero attached hydrogens (tertiary/aromatic N) is 2. The van der Waals surface area contributed by atoms with Crippen molar-refractivity contribution in [2.45, 2.75) is 128 Å². The number of ether oxygens (including phenoxy) is 1. The zero-order chi connectivity index (χ0) is 36.7. The highest BCUT2D eigenvalue weighted by molar-refractivity contribution is 7.84. The summed E-state index contributed by atoms with van der Waals surface area (Å²) in [7, 11) is -1.52. The first-order valence-corrected chi connectivity index (χ1v) is 20.4. The molecule has 2 amide bonds. The molecule has 2 aliphatic heterocycles. The number of amides is 2. The maximum atomic E-state index is 13.4. The lowest BCUT2D eigenvalue weighted by atomic mass is 9.52. The minimum absolute atomic E-state index is 0.160. The number of hydrogen-bond acceptors (Lipinski definition) is 5. The lowest BCUT2D eigenvalue weighted by Gasteiger charge is -2.52. The molecule has 0 aromatic heterocycles. The second kappa shape index (κ2) is 15.0. The number of fused-ring (bicyclic) bond motifs is 5. The second-order valence-corrected chi connectivity index (χ2v) is 17.5. The highest BCUT2D eigenvalue weighted by Crippen LogP contribution is 2.62. The van der Waals surface area contributed by atoms with Gasteiger partial charge in [0.25, 0.3) is 0 Å². The number of carbonyl (C=O) groups excluding carboxylic acids is 3. The SMILES string of the molecule is CCc1cc2c(cc1OC(=O)N1CCC(N3CCCC3=O)CC1)C[C@@H](CCCS(=O)CCCC(F)(F)C(F)(F)F)[C@@H]1[C@@H]2CC[C@]2(C)C(=O)CC[C@@H]12. The highest BCUT2D eigenvalue weighted by atomic mass is 32.2. The van der Waals surface area contributed by atoms with Gasteiger partial charge in [-0.2, -0.15) is 22.0 Å². The normalized spacial score (nSPS) is 29.2. The van der Waals surface area contributed by atoms with E-state index in [-0.39, 0.29) is 52.5 Å². The maximum absolute atomic E-state index is 13.4. The van der Waals surface area contributed by atoms with Crippen LogP contribution in [0.25, 0.3) is 0 Å². The molecule has 0 bridgehead atoms. The number of alkyl halides is 5. The lowest BCUT2D eigenvalue weighted by molar-refractivity contribution is -0.284. The van der Waals surface area contributed by atoms with Gasteiger partial charge < -0.3 is 14.5 Å². The number of aryl methyl sites for hydroxylation is 1. The summed E-state index contributed by atoms with van der Waals surface area (Å²) >= 11 is 0. The van der Waals surface area contributed by atoms with Gasteiger partial charge in [-0.3, -0.25) is 13.8 Å². The first-order chi connectivity index (χ1) is 24.1. The van der Waals surface area contributed by atoms with E-state index in [1.807, 2.05) is 17.9 Å². The third-order valence-corrected chi connectivity index (χ3v) is 14.4. The van der Waals surface area contributed by atoms with E-state index < -0.39 is 41.8 Å². The topological polar surface area (TPSA) is 84.0 Å². The van der Waals surface area contributed by atoms with Crippen molar-refractivity contribution in [3.05, 3.63) is 28.8 Å². The first kappa shape index (κ1) is 38.2. The molecule has 13 heteroatoms. The molecule has 284 valence electrons. The Morgan fingerprint density at radius 1 is 1.00 bits per heavy atom. The fourth-order valence-corrected chi connectivity index (χ4v) is 11.2. The van der Waals surface area contributed by atoms with Gasteiger partial charge in [-0.1, -0.05) is 19.9 Å². The number of ketones is 1. The van der Waals surface area contributed by atoms with Gasteiger partial charge in [0.2, 0.25) is 5.91 Å². The Morgan fingerprint density at radius 2 is 1.73 bits per heavy atom. The number of hydrogen-bond donors (Lipinski definition) is 0. The molecule has 1 aromatic rings. The quantitative estimate of drug-likeness (QED) is 0.215. The molecule has 2 saturated carbocycles. The minimum Gasteiger partial charge on any atom is -0.410 e. The maximum Gasteiger partial charge on any atom is 0.453 e. The van der Waals surface area contributed by atoms with Crippen molar-refractivity contribution in [1.82, 2.24) is 9.80 Å². The zero-order valence-corrected chi connectivity index (χ0v) is 30.5. The van der Waals surface area contributed by atoms with Crippen molar-refractivity contribution >= 4 is 28.6 Å². The molecule has 0 spiro atoms. The van der Waals surface area contributed by atoms with Crippen molar-refractivity contribution in [2.75, 3.05) is 31.1 Å². The molecule has 4 fully saturated rings. The van der Waals surface area contributed by atoms with Gasteiger partial charge in [0.1, 0.15) is 11.5 Å². The molecule has 0 radical (unpaired) electrons. The Balaban J connectivity index is 1.14. The minimum atomic E-state index is -5.61. The Kier molecular flexibility index (Phi) is 11.3. The first-order valence-electron chi connectivity index (χ1n) is 18.9. The van der Waals surface area contributed by atoms with Crippen LogP contribution in [-0.2, 0) is 33.2 Å². The summed E-state index contributed by atoms with van der Waals surface area (Å²) in [4.78, 5) is 42.5. The van der Waals surface area contributed by atoms with E-state index in [0.29, 0.717) is 63.1 Å². The summed E-state index contributed by atoms with van der Waals surface area (Å²) in [6, 6.07) is 4.37. The smallest absolute Gasteiger partial charge is 0.410 e. The average molecular weight is 743 g/mol. The van der Waals surface area contributed by atoms with Crippen molar-refractivity contribution in [2.24, 2.45) is 23.2 Å². The fourth-order valence-electron chi connectivity index (χ4n) is 10.1. The number of benzene rings is 1. The lowest BCUT2D eigenvalue weighted by Crippen LogP contribution is -2.48. The second-order valence-electron chi connectivity index (χ2n) is 15.8. The van der Waals surface area contributed by atoms with Gasteiger partial charge in [-0.15, -0.1) is 0 Å². The van der Waals surface area contributed by atoms with E-state index in [2.05, 4.69) is 13.0 Å². The molecular weight excluding hydrogens is 691 g/mol. The standard InChI is InChI=1S/C38H51F5N2O5S/c1-3-24-22-29-26(23-31(24)50-35(48)44-17-12-27(13-18-44)45-16-4-8-33(45)47)21-25(34-28(29)11-15-36(2)30(34)9-10-32(36)46)7-5-19-51(49)20-6-14-37(39,40)38(41,42)43/h22-23,25,27-28,30,34H,3-21H2,1-2H3/t25-,28-,30+,34-,36+,51?/m1/s1. The van der Waals surface area contributed by atoms with Crippen LogP contribution in [0, 0.1) is 23.2 Å². The van der Waals surface area contributed by atoms with Crippen molar-refractivity contribution < 1.29 is 45.3 Å². The number of piperidine rings is 1. The zero-order valence-electron chi connectivity index (χ0n) is 29.7. The predicted molar refractivity (Wildman–Crippen MR) is 183 cm³/mol. The van der Waals surface area contributed by atoms with Gasteiger partial charge in [0.05, 0.1) is 0 Å². The Hall–Kier alpha value is -2.57. The number of rotatable bonds is 11. The van der Waals surface area contributed by atoms with Crippen LogP contribution in [0.2, 0.25) is 0 Å². The van der Waals surface area contributed by atoms with E-state index in [1.54, 1.807) is 4.90 Å². The summed E-state index contributed by atoms with van der Waals surface area (Å²) in [6.07, 6.45) is 0.780. The molecule has 1 aromatic carbocycles. The molecule has 2 saturated heterocycles. The number of carbonyl (C=O) groups is 3. The van der Waals surface area contributed by atoms with Crippen molar-refractivity contribution in [3.63, 3.8) is 0 Å². The molecule has 0 N–H and O–H groups in total. The Morgan fingerprint density at radius 3 is 2.39 bits per heavy atom. The number of halogens is 5. The van der Waals surface area contributed by atoms with Crippen LogP contribution in [0.1, 0.15) is 114 Å². The summed E-state index contributed by atoms with van der Waals surface area (Å²) in [5.74, 6) is -2.87. The molecule has 2 heterocycles. The van der Waals surface area contributed by atoms with Crippen LogP contribution in [0.4, 0.5) is 26.7 Å². The summed E-state index contributed by atoms with van der Waals surface area (Å²) in [5, 5.41) is 0. The average Bonchev–Trinajstić information content (AvgIpc) is 3.65. The van der Waals surface area contributed by atoms with Crippen molar-refractivity contribution in [1.29, 1.82) is 0 Å². The highest BCUT2D eigenvalue weighted by Gasteiger charge is 2.57. The molecule has 6 rings (SSSR count). The molecule has 1 unspecified atom stereocenters. The van der Waals surface area contributed by atoms with E-state index in [4.69, 9.17) is 4.74 Å².